The van der Waals surface area contributed by atoms with Gasteiger partial charge < -0.3 is 11.1 Å². The lowest BCUT2D eigenvalue weighted by atomic mass is 10.1. The van der Waals surface area contributed by atoms with Crippen molar-refractivity contribution in [3.63, 3.8) is 0 Å². The number of hydrogen-bond donors (Lipinski definition) is 2. The van der Waals surface area contributed by atoms with Gasteiger partial charge in [-0.25, -0.2) is 4.39 Å². The van der Waals surface area contributed by atoms with Crippen LogP contribution in [-0.2, 0) is 6.42 Å². The van der Waals surface area contributed by atoms with Crippen molar-refractivity contribution in [3.8, 4) is 0 Å². The minimum atomic E-state index is -0.175. The van der Waals surface area contributed by atoms with Crippen LogP contribution in [0.5, 0.6) is 0 Å². The van der Waals surface area contributed by atoms with Gasteiger partial charge >= 0.3 is 0 Å². The second-order valence-corrected chi connectivity index (χ2v) is 4.03. The molecule has 0 aliphatic heterocycles. The number of benzene rings is 1. The van der Waals surface area contributed by atoms with Crippen molar-refractivity contribution < 1.29 is 4.39 Å². The Balaban J connectivity index is 1.80. The Kier molecular flexibility index (Phi) is 3.39. The zero-order valence-electron chi connectivity index (χ0n) is 9.12. The average molecular weight is 221 g/mol. The van der Waals surface area contributed by atoms with E-state index in [0.29, 0.717) is 30.5 Å². The van der Waals surface area contributed by atoms with Crippen LogP contribution in [0.1, 0.15) is 18.4 Å². The Hall–Kier alpha value is -1.58. The van der Waals surface area contributed by atoms with Crippen LogP contribution in [0.2, 0.25) is 0 Å². The quantitative estimate of drug-likeness (QED) is 0.597. The van der Waals surface area contributed by atoms with E-state index in [-0.39, 0.29) is 5.82 Å². The Bertz CT molecular complexity index is 386. The zero-order chi connectivity index (χ0) is 11.4. The SMILES string of the molecule is NC(=NCCc1ccccc1F)NC1CC1. The molecule has 3 nitrogen and oxygen atoms in total. The highest BCUT2D eigenvalue weighted by Gasteiger charge is 2.21. The van der Waals surface area contributed by atoms with Crippen molar-refractivity contribution in [3.05, 3.63) is 35.6 Å². The molecular weight excluding hydrogens is 205 g/mol. The van der Waals surface area contributed by atoms with Gasteiger partial charge in [0.1, 0.15) is 5.82 Å². The molecule has 0 saturated heterocycles. The largest absolute Gasteiger partial charge is 0.370 e. The van der Waals surface area contributed by atoms with Gasteiger partial charge in [0.15, 0.2) is 5.96 Å². The molecule has 0 unspecified atom stereocenters. The molecule has 86 valence electrons. The van der Waals surface area contributed by atoms with Crippen molar-refractivity contribution in [2.45, 2.75) is 25.3 Å². The smallest absolute Gasteiger partial charge is 0.188 e. The summed E-state index contributed by atoms with van der Waals surface area (Å²) < 4.78 is 13.2. The summed E-state index contributed by atoms with van der Waals surface area (Å²) in [5.41, 5.74) is 6.35. The van der Waals surface area contributed by atoms with Crippen LogP contribution in [0.25, 0.3) is 0 Å². The zero-order valence-corrected chi connectivity index (χ0v) is 9.12. The van der Waals surface area contributed by atoms with Crippen molar-refractivity contribution in [1.82, 2.24) is 5.32 Å². The first-order valence-electron chi connectivity index (χ1n) is 5.55. The summed E-state index contributed by atoms with van der Waals surface area (Å²) in [6.07, 6.45) is 2.92. The Morgan fingerprint density at radius 3 is 2.88 bits per heavy atom. The number of guanidine groups is 1. The molecule has 3 N–H and O–H groups in total. The van der Waals surface area contributed by atoms with E-state index in [1.165, 1.54) is 18.9 Å². The molecule has 1 aromatic carbocycles. The van der Waals surface area contributed by atoms with Crippen molar-refractivity contribution in [2.24, 2.45) is 10.7 Å². The fourth-order valence-corrected chi connectivity index (χ4v) is 1.48. The van der Waals surface area contributed by atoms with E-state index >= 15 is 0 Å². The molecule has 0 heterocycles. The maximum atomic E-state index is 13.2. The van der Waals surface area contributed by atoms with Gasteiger partial charge in [-0.05, 0) is 30.9 Å². The molecule has 0 amide bonds. The fourth-order valence-electron chi connectivity index (χ4n) is 1.48. The number of nitrogens with two attached hydrogens (primary N) is 1. The van der Waals surface area contributed by atoms with E-state index in [0.717, 1.165) is 0 Å². The first-order chi connectivity index (χ1) is 7.75. The number of rotatable bonds is 4. The first-order valence-corrected chi connectivity index (χ1v) is 5.55. The van der Waals surface area contributed by atoms with Gasteiger partial charge in [-0.1, -0.05) is 18.2 Å². The van der Waals surface area contributed by atoms with Gasteiger partial charge in [0, 0.05) is 12.6 Å². The molecule has 16 heavy (non-hydrogen) atoms. The predicted octanol–water partition coefficient (Wildman–Crippen LogP) is 1.43. The molecule has 0 atom stereocenters. The highest BCUT2D eigenvalue weighted by molar-refractivity contribution is 5.78. The van der Waals surface area contributed by atoms with E-state index < -0.39 is 0 Å². The van der Waals surface area contributed by atoms with E-state index in [1.807, 2.05) is 6.07 Å². The van der Waals surface area contributed by atoms with Crippen molar-refractivity contribution in [1.29, 1.82) is 0 Å². The summed E-state index contributed by atoms with van der Waals surface area (Å²) in [5, 5.41) is 3.09. The lowest BCUT2D eigenvalue weighted by Gasteiger charge is -2.03. The van der Waals surface area contributed by atoms with Crippen molar-refractivity contribution >= 4 is 5.96 Å². The van der Waals surface area contributed by atoms with Gasteiger partial charge in [0.2, 0.25) is 0 Å². The third-order valence-electron chi connectivity index (χ3n) is 2.55. The number of aliphatic imine (C=N–C) groups is 1. The predicted molar refractivity (Wildman–Crippen MR) is 62.8 cm³/mol. The lowest BCUT2D eigenvalue weighted by molar-refractivity contribution is 0.609. The molecule has 0 radical (unpaired) electrons. The minimum absolute atomic E-state index is 0.175. The summed E-state index contributed by atoms with van der Waals surface area (Å²) >= 11 is 0. The van der Waals surface area contributed by atoms with Crippen LogP contribution in [0, 0.1) is 5.82 Å². The third-order valence-corrected chi connectivity index (χ3v) is 2.55. The van der Waals surface area contributed by atoms with E-state index in [2.05, 4.69) is 10.3 Å². The normalized spacial score (nSPS) is 16.2. The standard InChI is InChI=1S/C12H16FN3/c13-11-4-2-1-3-9(11)7-8-15-12(14)16-10-5-6-10/h1-4,10H,5-8H2,(H3,14,15,16). The maximum absolute atomic E-state index is 13.2. The van der Waals surface area contributed by atoms with Crippen LogP contribution in [0.15, 0.2) is 29.3 Å². The topological polar surface area (TPSA) is 50.4 Å². The highest BCUT2D eigenvalue weighted by Crippen LogP contribution is 2.17. The van der Waals surface area contributed by atoms with Gasteiger partial charge in [-0.2, -0.15) is 0 Å². The van der Waals surface area contributed by atoms with Gasteiger partial charge in [0.25, 0.3) is 0 Å². The summed E-state index contributed by atoms with van der Waals surface area (Å²) in [6, 6.07) is 7.26. The second-order valence-electron chi connectivity index (χ2n) is 4.03. The molecule has 1 aromatic rings. The summed E-state index contributed by atoms with van der Waals surface area (Å²) in [7, 11) is 0. The summed E-state index contributed by atoms with van der Waals surface area (Å²) in [4.78, 5) is 4.16. The van der Waals surface area contributed by atoms with Crippen LogP contribution < -0.4 is 11.1 Å². The molecule has 4 heteroatoms. The number of hydrogen-bond acceptors (Lipinski definition) is 1. The Morgan fingerprint density at radius 2 is 2.19 bits per heavy atom. The number of nitrogens with zero attached hydrogens (tertiary/aromatic N) is 1. The van der Waals surface area contributed by atoms with Crippen LogP contribution in [-0.4, -0.2) is 18.5 Å². The Morgan fingerprint density at radius 1 is 1.44 bits per heavy atom. The average Bonchev–Trinajstić information content (AvgIpc) is 3.05. The van der Waals surface area contributed by atoms with Crippen LogP contribution in [0.4, 0.5) is 4.39 Å². The molecule has 2 rings (SSSR count). The lowest BCUT2D eigenvalue weighted by Crippen LogP contribution is -2.33. The molecule has 1 saturated carbocycles. The molecule has 1 aliphatic carbocycles. The number of nitrogens with one attached hydrogen (secondary N) is 1. The second kappa shape index (κ2) is 4.96. The van der Waals surface area contributed by atoms with E-state index in [4.69, 9.17) is 5.73 Å². The summed E-state index contributed by atoms with van der Waals surface area (Å²) in [5.74, 6) is 0.297. The van der Waals surface area contributed by atoms with Gasteiger partial charge in [-0.3, -0.25) is 4.99 Å². The van der Waals surface area contributed by atoms with Crippen molar-refractivity contribution in [2.75, 3.05) is 6.54 Å². The number of halogens is 1. The molecule has 1 fully saturated rings. The van der Waals surface area contributed by atoms with Gasteiger partial charge in [-0.15, -0.1) is 0 Å². The first kappa shape index (κ1) is 10.9. The van der Waals surface area contributed by atoms with Crippen LogP contribution in [0.3, 0.4) is 0 Å². The molecule has 0 aromatic heterocycles. The Labute approximate surface area is 94.6 Å². The molecule has 0 bridgehead atoms. The summed E-state index contributed by atoms with van der Waals surface area (Å²) in [6.45, 7) is 0.520. The molecule has 0 spiro atoms. The third kappa shape index (κ3) is 3.22. The highest BCUT2D eigenvalue weighted by atomic mass is 19.1. The fraction of sp³-hybridized carbons (Fsp3) is 0.417. The van der Waals surface area contributed by atoms with E-state index in [9.17, 15) is 4.39 Å². The van der Waals surface area contributed by atoms with Gasteiger partial charge in [0.05, 0.1) is 0 Å². The molecule has 1 aliphatic rings. The van der Waals surface area contributed by atoms with Crippen LogP contribution >= 0.6 is 0 Å². The maximum Gasteiger partial charge on any atom is 0.188 e. The molecular formula is C12H16FN3. The minimum Gasteiger partial charge on any atom is -0.370 e. The van der Waals surface area contributed by atoms with E-state index in [1.54, 1.807) is 12.1 Å². The monoisotopic (exact) mass is 221 g/mol.